The molecule has 144 valence electrons. The molecule has 0 unspecified atom stereocenters. The fourth-order valence-electron chi connectivity index (χ4n) is 4.64. The quantitative estimate of drug-likeness (QED) is 0.700. The summed E-state index contributed by atoms with van der Waals surface area (Å²) in [6, 6.07) is 4.20. The summed E-state index contributed by atoms with van der Waals surface area (Å²) < 4.78 is 17.6. The van der Waals surface area contributed by atoms with Gasteiger partial charge in [-0.1, -0.05) is 0 Å². The van der Waals surface area contributed by atoms with Gasteiger partial charge in [-0.2, -0.15) is 0 Å². The lowest BCUT2D eigenvalue weighted by molar-refractivity contribution is -0.182. The van der Waals surface area contributed by atoms with Crippen LogP contribution in [-0.4, -0.2) is 61.6 Å². The van der Waals surface area contributed by atoms with Gasteiger partial charge in [0.1, 0.15) is 0 Å². The van der Waals surface area contributed by atoms with Gasteiger partial charge in [-0.25, -0.2) is 0 Å². The topological polar surface area (TPSA) is 43.8 Å². The Labute approximate surface area is 157 Å². The number of hydrogen-bond donors (Lipinski definition) is 0. The van der Waals surface area contributed by atoms with Crippen LogP contribution in [0.4, 0.5) is 0 Å². The normalized spacial score (nSPS) is 26.7. The van der Waals surface area contributed by atoms with Crippen molar-refractivity contribution < 1.29 is 14.2 Å². The SMILES string of the molecule is c1cc(CN2CC3(C[C@H](CCOCC4CCOCC4)CCO3)C2)ccn1. The predicted molar refractivity (Wildman–Crippen MR) is 99.9 cm³/mol. The van der Waals surface area contributed by atoms with Crippen molar-refractivity contribution in [2.24, 2.45) is 11.8 Å². The summed E-state index contributed by atoms with van der Waals surface area (Å²) in [6.07, 6.45) is 9.63. The number of nitrogens with zero attached hydrogens (tertiary/aromatic N) is 2. The van der Waals surface area contributed by atoms with Gasteiger partial charge >= 0.3 is 0 Å². The number of pyridine rings is 1. The molecule has 0 N–H and O–H groups in total. The Morgan fingerprint density at radius 2 is 1.85 bits per heavy atom. The summed E-state index contributed by atoms with van der Waals surface area (Å²) in [6.45, 7) is 7.68. The molecular formula is C21H32N2O3. The minimum atomic E-state index is 0.108. The third-order valence-corrected chi connectivity index (χ3v) is 6.14. The van der Waals surface area contributed by atoms with Crippen LogP contribution in [0.5, 0.6) is 0 Å². The van der Waals surface area contributed by atoms with E-state index >= 15 is 0 Å². The maximum Gasteiger partial charge on any atom is 0.0937 e. The van der Waals surface area contributed by atoms with Crippen LogP contribution in [0.25, 0.3) is 0 Å². The first kappa shape index (κ1) is 18.4. The molecule has 1 atom stereocenters. The molecule has 1 aromatic rings. The lowest BCUT2D eigenvalue weighted by Crippen LogP contribution is -2.64. The minimum Gasteiger partial charge on any atom is -0.381 e. The van der Waals surface area contributed by atoms with Gasteiger partial charge in [0.05, 0.1) is 5.60 Å². The van der Waals surface area contributed by atoms with E-state index in [1.54, 1.807) is 0 Å². The predicted octanol–water partition coefficient (Wildman–Crippen LogP) is 2.90. The second kappa shape index (κ2) is 8.79. The molecule has 0 amide bonds. The van der Waals surface area contributed by atoms with Crippen molar-refractivity contribution in [1.29, 1.82) is 0 Å². The number of ether oxygens (including phenoxy) is 3. The molecule has 4 rings (SSSR count). The molecule has 0 radical (unpaired) electrons. The van der Waals surface area contributed by atoms with E-state index in [9.17, 15) is 0 Å². The third-order valence-electron chi connectivity index (χ3n) is 6.14. The Morgan fingerprint density at radius 1 is 1.08 bits per heavy atom. The van der Waals surface area contributed by atoms with Crippen molar-refractivity contribution in [3.8, 4) is 0 Å². The summed E-state index contributed by atoms with van der Waals surface area (Å²) in [7, 11) is 0. The van der Waals surface area contributed by atoms with Gasteiger partial charge in [0, 0.05) is 65.1 Å². The van der Waals surface area contributed by atoms with Gasteiger partial charge in [-0.05, 0) is 61.6 Å². The molecule has 1 aromatic heterocycles. The van der Waals surface area contributed by atoms with Crippen molar-refractivity contribution >= 4 is 0 Å². The number of hydrogen-bond acceptors (Lipinski definition) is 5. The van der Waals surface area contributed by atoms with Crippen LogP contribution in [0, 0.1) is 11.8 Å². The van der Waals surface area contributed by atoms with E-state index in [4.69, 9.17) is 14.2 Å². The zero-order valence-corrected chi connectivity index (χ0v) is 15.8. The maximum atomic E-state index is 6.19. The molecule has 5 nitrogen and oxygen atoms in total. The third kappa shape index (κ3) is 4.83. The molecule has 3 aliphatic rings. The van der Waals surface area contributed by atoms with E-state index in [0.29, 0.717) is 5.92 Å². The molecular weight excluding hydrogens is 328 g/mol. The van der Waals surface area contributed by atoms with Crippen molar-refractivity contribution in [2.45, 2.75) is 44.2 Å². The molecule has 3 saturated heterocycles. The Balaban J connectivity index is 1.14. The molecule has 0 aliphatic carbocycles. The molecule has 26 heavy (non-hydrogen) atoms. The number of likely N-dealkylation sites (tertiary alicyclic amines) is 1. The van der Waals surface area contributed by atoms with E-state index in [2.05, 4.69) is 22.0 Å². The molecule has 1 spiro atoms. The van der Waals surface area contributed by atoms with E-state index in [-0.39, 0.29) is 5.60 Å². The largest absolute Gasteiger partial charge is 0.381 e. The summed E-state index contributed by atoms with van der Waals surface area (Å²) in [5, 5.41) is 0. The first-order valence-corrected chi connectivity index (χ1v) is 10.2. The zero-order valence-electron chi connectivity index (χ0n) is 15.8. The zero-order chi connectivity index (χ0) is 17.7. The second-order valence-corrected chi connectivity index (χ2v) is 8.31. The molecule has 3 fully saturated rings. The highest BCUT2D eigenvalue weighted by atomic mass is 16.5. The molecule has 5 heteroatoms. The van der Waals surface area contributed by atoms with Crippen LogP contribution in [0.15, 0.2) is 24.5 Å². The van der Waals surface area contributed by atoms with Crippen LogP contribution in [0.3, 0.4) is 0 Å². The van der Waals surface area contributed by atoms with Gasteiger partial charge in [0.25, 0.3) is 0 Å². The van der Waals surface area contributed by atoms with Gasteiger partial charge in [-0.15, -0.1) is 0 Å². The van der Waals surface area contributed by atoms with E-state index in [1.807, 2.05) is 12.4 Å². The fraction of sp³-hybridized carbons (Fsp3) is 0.762. The molecule has 3 aliphatic heterocycles. The first-order chi connectivity index (χ1) is 12.8. The van der Waals surface area contributed by atoms with Crippen LogP contribution >= 0.6 is 0 Å². The van der Waals surface area contributed by atoms with Gasteiger partial charge in [-0.3, -0.25) is 9.88 Å². The van der Waals surface area contributed by atoms with Gasteiger partial charge < -0.3 is 14.2 Å². The van der Waals surface area contributed by atoms with Crippen LogP contribution < -0.4 is 0 Å². The molecule has 0 saturated carbocycles. The van der Waals surface area contributed by atoms with Crippen LogP contribution in [0.2, 0.25) is 0 Å². The lowest BCUT2D eigenvalue weighted by atomic mass is 9.79. The van der Waals surface area contributed by atoms with Crippen molar-refractivity contribution in [3.05, 3.63) is 30.1 Å². The first-order valence-electron chi connectivity index (χ1n) is 10.2. The summed E-state index contributed by atoms with van der Waals surface area (Å²) in [5.41, 5.74) is 1.44. The van der Waals surface area contributed by atoms with Crippen LogP contribution in [0.1, 0.15) is 37.7 Å². The van der Waals surface area contributed by atoms with Gasteiger partial charge in [0.15, 0.2) is 0 Å². The highest BCUT2D eigenvalue weighted by Crippen LogP contribution is 2.38. The Hall–Kier alpha value is -1.01. The Kier molecular flexibility index (Phi) is 6.20. The fourth-order valence-corrected chi connectivity index (χ4v) is 4.64. The highest BCUT2D eigenvalue weighted by Gasteiger charge is 2.47. The molecule has 0 bridgehead atoms. The van der Waals surface area contributed by atoms with E-state index in [1.165, 1.54) is 24.8 Å². The van der Waals surface area contributed by atoms with Crippen molar-refractivity contribution in [3.63, 3.8) is 0 Å². The average molecular weight is 360 g/mol. The summed E-state index contributed by atoms with van der Waals surface area (Å²) in [5.74, 6) is 1.46. The van der Waals surface area contributed by atoms with Gasteiger partial charge in [0.2, 0.25) is 0 Å². The Morgan fingerprint density at radius 3 is 2.65 bits per heavy atom. The summed E-state index contributed by atoms with van der Waals surface area (Å²) in [4.78, 5) is 6.58. The second-order valence-electron chi connectivity index (χ2n) is 8.31. The standard InChI is InChI=1S/C21H32N2O3/c1-7-22-8-2-19(1)14-23-16-21(17-23)13-18(6-12-26-21)3-11-25-15-20-4-9-24-10-5-20/h1-2,7-8,18,20H,3-6,9-17H2/t18-/m1/s1. The van der Waals surface area contributed by atoms with E-state index in [0.717, 1.165) is 71.4 Å². The van der Waals surface area contributed by atoms with Crippen molar-refractivity contribution in [1.82, 2.24) is 9.88 Å². The number of rotatable bonds is 7. The maximum absolute atomic E-state index is 6.19. The lowest BCUT2D eigenvalue weighted by Gasteiger charge is -2.53. The minimum absolute atomic E-state index is 0.108. The monoisotopic (exact) mass is 360 g/mol. The average Bonchev–Trinajstić information content (AvgIpc) is 2.66. The van der Waals surface area contributed by atoms with E-state index < -0.39 is 0 Å². The van der Waals surface area contributed by atoms with Crippen LogP contribution in [-0.2, 0) is 20.8 Å². The molecule has 4 heterocycles. The van der Waals surface area contributed by atoms with Crippen molar-refractivity contribution in [2.75, 3.05) is 46.1 Å². The molecule has 0 aromatic carbocycles. The number of aromatic nitrogens is 1. The highest BCUT2D eigenvalue weighted by molar-refractivity contribution is 5.12. The summed E-state index contributed by atoms with van der Waals surface area (Å²) >= 11 is 0. The smallest absolute Gasteiger partial charge is 0.0937 e. The Bertz CT molecular complexity index is 541.